The third-order valence-electron chi connectivity index (χ3n) is 4.83. The van der Waals surface area contributed by atoms with E-state index in [0.717, 1.165) is 34.6 Å². The standard InChI is InChI=1S/C22H17N2O3/c1-14-16(6-4-15-5-7-20-21(9-15)27-13-26-20)10-18(19(11-23)22(14)25)17-3-2-8-24-12-17/h2-3,5,7-10,12,19H,1,4,6,13H2. The molecule has 1 aromatic carbocycles. The van der Waals surface area contributed by atoms with Gasteiger partial charge in [0.1, 0.15) is 5.92 Å². The maximum Gasteiger partial charge on any atom is 0.231 e. The first-order chi connectivity index (χ1) is 13.2. The molecule has 1 atom stereocenters. The first-order valence-electron chi connectivity index (χ1n) is 8.67. The Kier molecular flexibility index (Phi) is 4.47. The van der Waals surface area contributed by atoms with Crippen molar-refractivity contribution in [1.29, 1.82) is 5.26 Å². The second kappa shape index (κ2) is 7.08. The number of Topliss-reactive ketones (excluding diaryl/α,β-unsaturated/α-hetero) is 1. The van der Waals surface area contributed by atoms with E-state index in [1.165, 1.54) is 0 Å². The van der Waals surface area contributed by atoms with E-state index in [1.54, 1.807) is 18.5 Å². The summed E-state index contributed by atoms with van der Waals surface area (Å²) in [6.45, 7) is 4.17. The van der Waals surface area contributed by atoms with Crippen LogP contribution in [0, 0.1) is 24.2 Å². The van der Waals surface area contributed by atoms with Gasteiger partial charge >= 0.3 is 0 Å². The zero-order valence-electron chi connectivity index (χ0n) is 14.6. The summed E-state index contributed by atoms with van der Waals surface area (Å²) in [7, 11) is 0. The number of aromatic nitrogens is 1. The van der Waals surface area contributed by atoms with Crippen LogP contribution in [-0.4, -0.2) is 17.6 Å². The van der Waals surface area contributed by atoms with E-state index in [4.69, 9.17) is 9.47 Å². The predicted molar refractivity (Wildman–Crippen MR) is 99.6 cm³/mol. The van der Waals surface area contributed by atoms with Gasteiger partial charge in [-0.15, -0.1) is 0 Å². The van der Waals surface area contributed by atoms with Gasteiger partial charge in [-0.25, -0.2) is 0 Å². The zero-order chi connectivity index (χ0) is 18.8. The number of nitrogens with zero attached hydrogens (tertiary/aromatic N) is 2. The number of hydrogen-bond acceptors (Lipinski definition) is 5. The number of hydrogen-bond donors (Lipinski definition) is 0. The van der Waals surface area contributed by atoms with Crippen LogP contribution in [0.4, 0.5) is 0 Å². The topological polar surface area (TPSA) is 72.2 Å². The Morgan fingerprint density at radius 1 is 1.22 bits per heavy atom. The number of rotatable bonds is 4. The van der Waals surface area contributed by atoms with Gasteiger partial charge in [0.15, 0.2) is 17.3 Å². The van der Waals surface area contributed by atoms with Crippen LogP contribution in [0.5, 0.6) is 11.5 Å². The molecule has 27 heavy (non-hydrogen) atoms. The number of benzene rings is 1. The monoisotopic (exact) mass is 357 g/mol. The number of allylic oxidation sites excluding steroid dienone is 4. The quantitative estimate of drug-likeness (QED) is 0.835. The van der Waals surface area contributed by atoms with Crippen LogP contribution < -0.4 is 9.47 Å². The highest BCUT2D eigenvalue weighted by Crippen LogP contribution is 2.36. The van der Waals surface area contributed by atoms with E-state index in [9.17, 15) is 10.1 Å². The van der Waals surface area contributed by atoms with Crippen molar-refractivity contribution in [3.05, 3.63) is 78.0 Å². The van der Waals surface area contributed by atoms with E-state index in [2.05, 4.69) is 18.0 Å². The van der Waals surface area contributed by atoms with Gasteiger partial charge in [0.25, 0.3) is 0 Å². The van der Waals surface area contributed by atoms with E-state index in [0.29, 0.717) is 17.6 Å². The van der Waals surface area contributed by atoms with Crippen molar-refractivity contribution >= 4 is 11.4 Å². The van der Waals surface area contributed by atoms with Gasteiger partial charge in [-0.3, -0.25) is 9.78 Å². The lowest BCUT2D eigenvalue weighted by Gasteiger charge is -2.21. The minimum atomic E-state index is -0.837. The molecule has 5 heteroatoms. The molecule has 133 valence electrons. The van der Waals surface area contributed by atoms with E-state index >= 15 is 0 Å². The van der Waals surface area contributed by atoms with Gasteiger partial charge in [0.05, 0.1) is 6.07 Å². The van der Waals surface area contributed by atoms with Crippen molar-refractivity contribution in [2.75, 3.05) is 6.79 Å². The van der Waals surface area contributed by atoms with Gasteiger partial charge in [-0.1, -0.05) is 18.2 Å². The number of nitriles is 1. The Hall–Kier alpha value is -3.39. The van der Waals surface area contributed by atoms with E-state index in [-0.39, 0.29) is 12.6 Å². The molecule has 4 rings (SSSR count). The van der Waals surface area contributed by atoms with Crippen LogP contribution in [0.2, 0.25) is 0 Å². The van der Waals surface area contributed by atoms with E-state index < -0.39 is 5.92 Å². The molecule has 2 heterocycles. The molecule has 0 N–H and O–H groups in total. The third-order valence-corrected chi connectivity index (χ3v) is 4.83. The molecule has 1 aliphatic carbocycles. The number of carbonyl (C=O) groups excluding carboxylic acids is 1. The van der Waals surface area contributed by atoms with Gasteiger partial charge in [0, 0.05) is 18.0 Å². The van der Waals surface area contributed by atoms with Gasteiger partial charge in [-0.2, -0.15) is 5.26 Å². The van der Waals surface area contributed by atoms with Crippen LogP contribution in [0.15, 0.2) is 59.9 Å². The summed E-state index contributed by atoms with van der Waals surface area (Å²) in [5.41, 5.74) is 3.82. The Morgan fingerprint density at radius 2 is 2.07 bits per heavy atom. The molecule has 0 bridgehead atoms. The normalized spacial score (nSPS) is 18.3. The molecular formula is C22H17N2O3. The fraction of sp³-hybridized carbons (Fsp3) is 0.182. The van der Waals surface area contributed by atoms with Crippen molar-refractivity contribution in [2.45, 2.75) is 12.8 Å². The molecule has 2 aliphatic rings. The van der Waals surface area contributed by atoms with Gasteiger partial charge in [-0.05, 0) is 60.2 Å². The SMILES string of the molecule is [CH2]C1=C(CCc2ccc3c(c2)OCO3)C=C(c2cccnc2)C(C#N)C1=O. The fourth-order valence-electron chi connectivity index (χ4n) is 3.34. The predicted octanol–water partition coefficient (Wildman–Crippen LogP) is 3.68. The molecule has 2 aromatic rings. The summed E-state index contributed by atoms with van der Waals surface area (Å²) in [6, 6.07) is 11.6. The highest BCUT2D eigenvalue weighted by molar-refractivity contribution is 6.10. The Balaban J connectivity index is 1.61. The molecule has 1 aromatic heterocycles. The molecule has 0 saturated carbocycles. The summed E-state index contributed by atoms with van der Waals surface area (Å²) >= 11 is 0. The van der Waals surface area contributed by atoms with Crippen molar-refractivity contribution in [1.82, 2.24) is 4.98 Å². The number of carbonyl (C=O) groups is 1. The lowest BCUT2D eigenvalue weighted by atomic mass is 9.79. The molecule has 0 amide bonds. The summed E-state index contributed by atoms with van der Waals surface area (Å²) < 4.78 is 10.8. The molecule has 5 nitrogen and oxygen atoms in total. The van der Waals surface area contributed by atoms with E-state index in [1.807, 2.05) is 30.3 Å². The smallest absolute Gasteiger partial charge is 0.231 e. The first kappa shape index (κ1) is 17.0. The average molecular weight is 357 g/mol. The molecular weight excluding hydrogens is 340 g/mol. The van der Waals surface area contributed by atoms with Crippen LogP contribution >= 0.6 is 0 Å². The largest absolute Gasteiger partial charge is 0.454 e. The second-order valence-electron chi connectivity index (χ2n) is 6.46. The minimum Gasteiger partial charge on any atom is -0.454 e. The molecule has 1 unspecified atom stereocenters. The van der Waals surface area contributed by atoms with Crippen LogP contribution in [0.1, 0.15) is 17.5 Å². The second-order valence-corrected chi connectivity index (χ2v) is 6.46. The van der Waals surface area contributed by atoms with Crippen molar-refractivity contribution in [3.8, 4) is 17.6 Å². The summed E-state index contributed by atoms with van der Waals surface area (Å²) in [4.78, 5) is 16.8. The number of aryl methyl sites for hydroxylation is 1. The van der Waals surface area contributed by atoms with Crippen LogP contribution in [-0.2, 0) is 11.2 Å². The molecule has 1 aliphatic heterocycles. The highest BCUT2D eigenvalue weighted by atomic mass is 16.7. The Labute approximate surface area is 157 Å². The summed E-state index contributed by atoms with van der Waals surface area (Å²) in [5, 5.41) is 9.49. The number of fused-ring (bicyclic) bond motifs is 1. The maximum absolute atomic E-state index is 12.7. The lowest BCUT2D eigenvalue weighted by molar-refractivity contribution is -0.116. The Bertz CT molecular complexity index is 1000. The van der Waals surface area contributed by atoms with Crippen LogP contribution in [0.3, 0.4) is 0 Å². The molecule has 0 fully saturated rings. The van der Waals surface area contributed by atoms with Gasteiger partial charge < -0.3 is 9.47 Å². The molecule has 1 radical (unpaired) electrons. The minimum absolute atomic E-state index is 0.237. The highest BCUT2D eigenvalue weighted by Gasteiger charge is 2.30. The Morgan fingerprint density at radius 3 is 2.85 bits per heavy atom. The number of ether oxygens (including phenoxy) is 2. The lowest BCUT2D eigenvalue weighted by Crippen LogP contribution is -2.21. The molecule has 0 spiro atoms. The van der Waals surface area contributed by atoms with Crippen molar-refractivity contribution in [3.63, 3.8) is 0 Å². The third kappa shape index (κ3) is 3.22. The van der Waals surface area contributed by atoms with Crippen LogP contribution in [0.25, 0.3) is 5.57 Å². The summed E-state index contributed by atoms with van der Waals surface area (Å²) in [6.07, 6.45) is 6.63. The zero-order valence-corrected chi connectivity index (χ0v) is 14.6. The number of pyridine rings is 1. The first-order valence-corrected chi connectivity index (χ1v) is 8.67. The van der Waals surface area contributed by atoms with Crippen molar-refractivity contribution < 1.29 is 14.3 Å². The van der Waals surface area contributed by atoms with Gasteiger partial charge in [0.2, 0.25) is 6.79 Å². The number of ketones is 1. The molecule has 0 saturated heterocycles. The average Bonchev–Trinajstić information content (AvgIpc) is 3.17. The fourth-order valence-corrected chi connectivity index (χ4v) is 3.34. The summed E-state index contributed by atoms with van der Waals surface area (Å²) in [5.74, 6) is 0.419. The van der Waals surface area contributed by atoms with Crippen molar-refractivity contribution in [2.24, 2.45) is 5.92 Å². The maximum atomic E-state index is 12.7.